The van der Waals surface area contributed by atoms with Crippen molar-refractivity contribution < 1.29 is 23.9 Å². The summed E-state index contributed by atoms with van der Waals surface area (Å²) in [7, 11) is 4.13. The van der Waals surface area contributed by atoms with Crippen molar-refractivity contribution in [2.45, 2.75) is 6.04 Å². The van der Waals surface area contributed by atoms with Crippen molar-refractivity contribution >= 4 is 17.8 Å². The zero-order chi connectivity index (χ0) is 13.4. The Bertz CT molecular complexity index is 430. The highest BCUT2D eigenvalue weighted by Gasteiger charge is 2.55. The summed E-state index contributed by atoms with van der Waals surface area (Å²) in [6.45, 7) is 0. The van der Waals surface area contributed by atoms with E-state index in [2.05, 4.69) is 0 Å². The molecule has 3 rings (SSSR count). The Labute approximate surface area is 105 Å². The number of hydrogen-bond donors (Lipinski definition) is 0. The van der Waals surface area contributed by atoms with Crippen molar-refractivity contribution in [3.05, 3.63) is 12.2 Å². The minimum absolute atomic E-state index is 0.168. The van der Waals surface area contributed by atoms with Crippen molar-refractivity contribution in [3.8, 4) is 0 Å². The van der Waals surface area contributed by atoms with E-state index in [1.807, 2.05) is 0 Å². The number of methoxy groups -OCH3 is 2. The van der Waals surface area contributed by atoms with E-state index in [4.69, 9.17) is 9.47 Å². The summed E-state index contributed by atoms with van der Waals surface area (Å²) in [6.07, 6.45) is 3.45. The minimum Gasteiger partial charge on any atom is -0.469 e. The molecule has 2 bridgehead atoms. The molecule has 2 heterocycles. The number of amides is 1. The number of carbonyl (C=O) groups is 3. The average molecular weight is 253 g/mol. The standard InChI is InChI=1S/C12H15NO5/c1-13-7-5-4-6(10(13)14)8(11(15)17-2)9(7)12(16)18-3/h4-9H,1-3H3/t6-,7+,8+,9-/m0/s1. The van der Waals surface area contributed by atoms with Crippen LogP contribution in [-0.4, -0.2) is 50.1 Å². The summed E-state index contributed by atoms with van der Waals surface area (Å²) in [5.41, 5.74) is 0. The molecule has 6 nitrogen and oxygen atoms in total. The normalized spacial score (nSPS) is 33.5. The number of piperidine rings is 1. The van der Waals surface area contributed by atoms with Gasteiger partial charge in [-0.3, -0.25) is 14.4 Å². The van der Waals surface area contributed by atoms with Crippen LogP contribution in [0, 0.1) is 17.8 Å². The molecule has 0 radical (unpaired) electrons. The molecular formula is C12H15NO5. The van der Waals surface area contributed by atoms with Crippen LogP contribution in [0.25, 0.3) is 0 Å². The third kappa shape index (κ3) is 1.60. The first kappa shape index (κ1) is 12.6. The van der Waals surface area contributed by atoms with Crippen LogP contribution >= 0.6 is 0 Å². The molecule has 2 aliphatic heterocycles. The number of rotatable bonds is 2. The van der Waals surface area contributed by atoms with Crippen LogP contribution in [-0.2, 0) is 23.9 Å². The zero-order valence-corrected chi connectivity index (χ0v) is 10.5. The third-order valence-electron chi connectivity index (χ3n) is 3.68. The molecule has 0 aromatic rings. The fraction of sp³-hybridized carbons (Fsp3) is 0.583. The Hall–Kier alpha value is -1.85. The SMILES string of the molecule is COC(=O)[C@@H]1[C@H](C(=O)OC)[C@@H]2C=C[C@H]1N(C)C2=O. The first-order chi connectivity index (χ1) is 8.52. The Kier molecular flexibility index (Phi) is 3.11. The summed E-state index contributed by atoms with van der Waals surface area (Å²) in [5.74, 6) is -3.34. The molecule has 0 aromatic carbocycles. The lowest BCUT2D eigenvalue weighted by atomic mass is 9.68. The molecule has 0 unspecified atom stereocenters. The number of likely N-dealkylation sites (N-methyl/N-ethyl adjacent to an activating group) is 1. The molecule has 1 fully saturated rings. The first-order valence-electron chi connectivity index (χ1n) is 5.63. The van der Waals surface area contributed by atoms with Crippen LogP contribution in [0.1, 0.15) is 0 Å². The van der Waals surface area contributed by atoms with Crippen molar-refractivity contribution in [2.75, 3.05) is 21.3 Å². The number of fused-ring (bicyclic) bond motifs is 2. The fourth-order valence-electron chi connectivity index (χ4n) is 2.75. The van der Waals surface area contributed by atoms with Gasteiger partial charge in [-0.05, 0) is 0 Å². The second-order valence-corrected chi connectivity index (χ2v) is 4.45. The molecular weight excluding hydrogens is 238 g/mol. The lowest BCUT2D eigenvalue weighted by Gasteiger charge is -2.46. The van der Waals surface area contributed by atoms with Crippen molar-refractivity contribution in [3.63, 3.8) is 0 Å². The molecule has 0 aromatic heterocycles. The quantitative estimate of drug-likeness (QED) is 0.494. The highest BCUT2D eigenvalue weighted by molar-refractivity contribution is 5.94. The van der Waals surface area contributed by atoms with E-state index in [1.54, 1.807) is 19.2 Å². The van der Waals surface area contributed by atoms with Gasteiger partial charge in [-0.25, -0.2) is 0 Å². The first-order valence-corrected chi connectivity index (χ1v) is 5.63. The number of esters is 2. The lowest BCUT2D eigenvalue weighted by molar-refractivity contribution is -0.171. The summed E-state index contributed by atoms with van der Waals surface area (Å²) < 4.78 is 9.43. The van der Waals surface area contributed by atoms with Gasteiger partial charge in [0.2, 0.25) is 5.91 Å². The predicted octanol–water partition coefficient (Wildman–Crippen LogP) is -0.409. The van der Waals surface area contributed by atoms with Gasteiger partial charge in [0.05, 0.1) is 38.0 Å². The molecule has 1 amide bonds. The highest BCUT2D eigenvalue weighted by atomic mass is 16.5. The van der Waals surface area contributed by atoms with Gasteiger partial charge in [-0.2, -0.15) is 0 Å². The Morgan fingerprint density at radius 2 is 1.67 bits per heavy atom. The number of hydrogen-bond acceptors (Lipinski definition) is 5. The summed E-state index contributed by atoms with van der Waals surface area (Å²) >= 11 is 0. The Balaban J connectivity index is 2.43. The molecule has 0 saturated carbocycles. The average Bonchev–Trinajstić information content (AvgIpc) is 2.41. The molecule has 0 spiro atoms. The van der Waals surface area contributed by atoms with E-state index in [9.17, 15) is 14.4 Å². The largest absolute Gasteiger partial charge is 0.469 e. The second-order valence-electron chi connectivity index (χ2n) is 4.45. The molecule has 3 aliphatic rings. The predicted molar refractivity (Wildman–Crippen MR) is 60.2 cm³/mol. The summed E-state index contributed by atoms with van der Waals surface area (Å²) in [5, 5.41) is 0. The van der Waals surface area contributed by atoms with Crippen LogP contribution in [0.4, 0.5) is 0 Å². The van der Waals surface area contributed by atoms with Crippen LogP contribution in [0.3, 0.4) is 0 Å². The van der Waals surface area contributed by atoms with E-state index in [0.717, 1.165) is 0 Å². The maximum absolute atomic E-state index is 12.0. The maximum Gasteiger partial charge on any atom is 0.312 e. The smallest absolute Gasteiger partial charge is 0.312 e. The maximum atomic E-state index is 12.0. The summed E-state index contributed by atoms with van der Waals surface area (Å²) in [6, 6.07) is -0.445. The lowest BCUT2D eigenvalue weighted by Crippen LogP contribution is -2.61. The van der Waals surface area contributed by atoms with E-state index in [1.165, 1.54) is 19.1 Å². The minimum atomic E-state index is -0.791. The van der Waals surface area contributed by atoms with Crippen LogP contribution < -0.4 is 0 Å². The fourth-order valence-corrected chi connectivity index (χ4v) is 2.75. The Morgan fingerprint density at radius 3 is 2.22 bits per heavy atom. The third-order valence-corrected chi connectivity index (χ3v) is 3.68. The van der Waals surface area contributed by atoms with Gasteiger partial charge in [0.15, 0.2) is 0 Å². The number of carbonyl (C=O) groups excluding carboxylic acids is 3. The zero-order valence-electron chi connectivity index (χ0n) is 10.5. The van der Waals surface area contributed by atoms with Gasteiger partial charge in [0.1, 0.15) is 0 Å². The Morgan fingerprint density at radius 1 is 1.11 bits per heavy atom. The van der Waals surface area contributed by atoms with Crippen LogP contribution in [0.5, 0.6) is 0 Å². The van der Waals surface area contributed by atoms with Crippen LogP contribution in [0.15, 0.2) is 12.2 Å². The van der Waals surface area contributed by atoms with Gasteiger partial charge in [-0.15, -0.1) is 0 Å². The van der Waals surface area contributed by atoms with E-state index in [0.29, 0.717) is 0 Å². The van der Waals surface area contributed by atoms with Gasteiger partial charge >= 0.3 is 11.9 Å². The molecule has 4 atom stereocenters. The van der Waals surface area contributed by atoms with Crippen LogP contribution in [0.2, 0.25) is 0 Å². The number of ether oxygens (including phenoxy) is 2. The van der Waals surface area contributed by atoms with E-state index < -0.39 is 35.7 Å². The number of nitrogens with zero attached hydrogens (tertiary/aromatic N) is 1. The van der Waals surface area contributed by atoms with Gasteiger partial charge in [-0.1, -0.05) is 12.2 Å². The van der Waals surface area contributed by atoms with Crippen molar-refractivity contribution in [1.29, 1.82) is 0 Å². The van der Waals surface area contributed by atoms with Gasteiger partial charge in [0.25, 0.3) is 0 Å². The van der Waals surface area contributed by atoms with Gasteiger partial charge < -0.3 is 14.4 Å². The second kappa shape index (κ2) is 4.44. The topological polar surface area (TPSA) is 72.9 Å². The molecule has 18 heavy (non-hydrogen) atoms. The van der Waals surface area contributed by atoms with Crippen molar-refractivity contribution in [2.24, 2.45) is 17.8 Å². The monoisotopic (exact) mass is 253 g/mol. The highest BCUT2D eigenvalue weighted by Crippen LogP contribution is 2.40. The van der Waals surface area contributed by atoms with Gasteiger partial charge in [0, 0.05) is 7.05 Å². The van der Waals surface area contributed by atoms with Crippen molar-refractivity contribution in [1.82, 2.24) is 4.90 Å². The van der Waals surface area contributed by atoms with E-state index in [-0.39, 0.29) is 5.91 Å². The molecule has 98 valence electrons. The molecule has 1 saturated heterocycles. The molecule has 0 N–H and O–H groups in total. The van der Waals surface area contributed by atoms with E-state index >= 15 is 0 Å². The molecule has 1 aliphatic carbocycles. The summed E-state index contributed by atoms with van der Waals surface area (Å²) in [4.78, 5) is 37.1. The molecule has 6 heteroatoms.